The van der Waals surface area contributed by atoms with E-state index in [1.807, 2.05) is 91.9 Å². The molecule has 1 heterocycles. The number of methoxy groups -OCH3 is 1. The molecule has 0 radical (unpaired) electrons. The number of carbonyl (C=O) groups excluding carboxylic acids is 2. The first-order valence-corrected chi connectivity index (χ1v) is 12.7. The minimum Gasteiger partial charge on any atom is -0.507 e. The van der Waals surface area contributed by atoms with E-state index in [0.29, 0.717) is 23.7 Å². The SMILES string of the molecule is COc1ccc(CN2C(=O)C(=O)/C(=C(\O)c3ccc(OCc4ccccc4)c(C)c3)C2c2ccccc2)cc1. The second kappa shape index (κ2) is 11.3. The van der Waals surface area contributed by atoms with Gasteiger partial charge in [-0.05, 0) is 59.5 Å². The molecule has 6 nitrogen and oxygen atoms in total. The lowest BCUT2D eigenvalue weighted by molar-refractivity contribution is -0.140. The Morgan fingerprint density at radius 1 is 0.846 bits per heavy atom. The number of aryl methyl sites for hydroxylation is 1. The summed E-state index contributed by atoms with van der Waals surface area (Å²) in [5.74, 6) is -0.197. The third-order valence-corrected chi connectivity index (χ3v) is 6.85. The summed E-state index contributed by atoms with van der Waals surface area (Å²) in [5.41, 5.74) is 3.95. The van der Waals surface area contributed by atoms with Gasteiger partial charge in [0.05, 0.1) is 18.7 Å². The zero-order valence-corrected chi connectivity index (χ0v) is 21.8. The lowest BCUT2D eigenvalue weighted by atomic mass is 9.94. The molecule has 0 aromatic heterocycles. The van der Waals surface area contributed by atoms with Gasteiger partial charge in [-0.25, -0.2) is 0 Å². The molecule has 4 aromatic carbocycles. The molecule has 5 rings (SSSR count). The molecular formula is C33H29NO5. The molecule has 1 atom stereocenters. The number of ketones is 1. The van der Waals surface area contributed by atoms with Crippen molar-refractivity contribution in [3.8, 4) is 11.5 Å². The number of Topliss-reactive ketones (excluding diaryl/α,β-unsaturated/α-hetero) is 1. The summed E-state index contributed by atoms with van der Waals surface area (Å²) in [6, 6.07) is 31.0. The molecule has 1 amide bonds. The van der Waals surface area contributed by atoms with Gasteiger partial charge in [0, 0.05) is 12.1 Å². The number of aliphatic hydroxyl groups excluding tert-OH is 1. The average molecular weight is 520 g/mol. The largest absolute Gasteiger partial charge is 0.507 e. The third-order valence-electron chi connectivity index (χ3n) is 6.85. The fraction of sp³-hybridized carbons (Fsp3) is 0.152. The summed E-state index contributed by atoms with van der Waals surface area (Å²) in [6.45, 7) is 2.50. The summed E-state index contributed by atoms with van der Waals surface area (Å²) in [7, 11) is 1.59. The first kappa shape index (κ1) is 25.8. The number of carbonyl (C=O) groups is 2. The molecule has 1 unspecified atom stereocenters. The van der Waals surface area contributed by atoms with Crippen molar-refractivity contribution in [1.82, 2.24) is 4.90 Å². The number of hydrogen-bond acceptors (Lipinski definition) is 5. The van der Waals surface area contributed by atoms with Crippen molar-refractivity contribution in [2.45, 2.75) is 26.1 Å². The smallest absolute Gasteiger partial charge is 0.295 e. The van der Waals surface area contributed by atoms with Crippen LogP contribution in [-0.4, -0.2) is 28.8 Å². The van der Waals surface area contributed by atoms with Crippen LogP contribution in [0.3, 0.4) is 0 Å². The van der Waals surface area contributed by atoms with Crippen molar-refractivity contribution < 1.29 is 24.2 Å². The predicted octanol–water partition coefficient (Wildman–Crippen LogP) is 6.20. The molecule has 0 bridgehead atoms. The summed E-state index contributed by atoms with van der Waals surface area (Å²) >= 11 is 0. The first-order valence-electron chi connectivity index (χ1n) is 12.7. The van der Waals surface area contributed by atoms with Crippen LogP contribution in [0.2, 0.25) is 0 Å². The van der Waals surface area contributed by atoms with Gasteiger partial charge in [0.1, 0.15) is 23.9 Å². The highest BCUT2D eigenvalue weighted by Crippen LogP contribution is 2.40. The molecule has 4 aromatic rings. The molecule has 0 aliphatic carbocycles. The molecule has 6 heteroatoms. The second-order valence-corrected chi connectivity index (χ2v) is 9.44. The van der Waals surface area contributed by atoms with Crippen LogP contribution in [0, 0.1) is 6.92 Å². The predicted molar refractivity (Wildman–Crippen MR) is 149 cm³/mol. The van der Waals surface area contributed by atoms with Gasteiger partial charge in [-0.2, -0.15) is 0 Å². The minimum absolute atomic E-state index is 0.0667. The summed E-state index contributed by atoms with van der Waals surface area (Å²) in [4.78, 5) is 28.2. The standard InChI is InChI=1S/C33H29NO5/c1-22-19-26(15-18-28(22)39-21-24-9-5-3-6-10-24)31(35)29-30(25-11-7-4-8-12-25)34(33(37)32(29)36)20-23-13-16-27(38-2)17-14-23/h3-19,30,35H,20-21H2,1-2H3/b31-29-. The number of amides is 1. The van der Waals surface area contributed by atoms with Crippen LogP contribution in [0.1, 0.15) is 33.9 Å². The normalized spacial score (nSPS) is 16.4. The summed E-state index contributed by atoms with van der Waals surface area (Å²) in [5, 5.41) is 11.4. The fourth-order valence-electron chi connectivity index (χ4n) is 4.80. The molecule has 0 spiro atoms. The van der Waals surface area contributed by atoms with Gasteiger partial charge in [-0.15, -0.1) is 0 Å². The lowest BCUT2D eigenvalue weighted by Crippen LogP contribution is -2.29. The van der Waals surface area contributed by atoms with Crippen LogP contribution in [0.4, 0.5) is 0 Å². The van der Waals surface area contributed by atoms with E-state index in [4.69, 9.17) is 9.47 Å². The molecule has 39 heavy (non-hydrogen) atoms. The van der Waals surface area contributed by atoms with Gasteiger partial charge < -0.3 is 19.5 Å². The van der Waals surface area contributed by atoms with Crippen molar-refractivity contribution in [2.24, 2.45) is 0 Å². The number of likely N-dealkylation sites (tertiary alicyclic amines) is 1. The van der Waals surface area contributed by atoms with Crippen LogP contribution in [-0.2, 0) is 22.7 Å². The molecule has 1 aliphatic heterocycles. The number of rotatable bonds is 8. The fourth-order valence-corrected chi connectivity index (χ4v) is 4.80. The van der Waals surface area contributed by atoms with Crippen LogP contribution < -0.4 is 9.47 Å². The summed E-state index contributed by atoms with van der Waals surface area (Å²) < 4.78 is 11.2. The highest BCUT2D eigenvalue weighted by atomic mass is 16.5. The first-order chi connectivity index (χ1) is 19.0. The van der Waals surface area contributed by atoms with E-state index in [1.54, 1.807) is 25.3 Å². The van der Waals surface area contributed by atoms with Crippen molar-refractivity contribution in [3.63, 3.8) is 0 Å². The zero-order chi connectivity index (χ0) is 27.4. The molecule has 0 saturated carbocycles. The summed E-state index contributed by atoms with van der Waals surface area (Å²) in [6.07, 6.45) is 0. The topological polar surface area (TPSA) is 76.1 Å². The van der Waals surface area contributed by atoms with Crippen LogP contribution >= 0.6 is 0 Å². The van der Waals surface area contributed by atoms with Gasteiger partial charge in [0.25, 0.3) is 11.7 Å². The molecule has 1 saturated heterocycles. The molecular weight excluding hydrogens is 490 g/mol. The Labute approximate surface area is 227 Å². The number of hydrogen-bond donors (Lipinski definition) is 1. The van der Waals surface area contributed by atoms with Gasteiger partial charge in [-0.1, -0.05) is 72.8 Å². The highest BCUT2D eigenvalue weighted by molar-refractivity contribution is 6.46. The maximum absolute atomic E-state index is 13.4. The monoisotopic (exact) mass is 519 g/mol. The number of benzene rings is 4. The second-order valence-electron chi connectivity index (χ2n) is 9.44. The van der Waals surface area contributed by atoms with Crippen LogP contribution in [0.25, 0.3) is 5.76 Å². The highest BCUT2D eigenvalue weighted by Gasteiger charge is 2.46. The zero-order valence-electron chi connectivity index (χ0n) is 21.8. The molecule has 196 valence electrons. The lowest BCUT2D eigenvalue weighted by Gasteiger charge is -2.25. The van der Waals surface area contributed by atoms with Crippen molar-refractivity contribution >= 4 is 17.4 Å². The Hall–Kier alpha value is -4.84. The Kier molecular flexibility index (Phi) is 7.46. The number of aliphatic hydroxyl groups is 1. The van der Waals surface area contributed by atoms with E-state index < -0.39 is 17.7 Å². The van der Waals surface area contributed by atoms with E-state index >= 15 is 0 Å². The van der Waals surface area contributed by atoms with E-state index in [2.05, 4.69) is 0 Å². The molecule has 1 N–H and O–H groups in total. The van der Waals surface area contributed by atoms with Crippen molar-refractivity contribution in [2.75, 3.05) is 7.11 Å². The Balaban J connectivity index is 1.49. The number of nitrogens with zero attached hydrogens (tertiary/aromatic N) is 1. The third kappa shape index (κ3) is 5.41. The van der Waals surface area contributed by atoms with Gasteiger partial charge in [-0.3, -0.25) is 9.59 Å². The maximum atomic E-state index is 13.4. The van der Waals surface area contributed by atoms with E-state index in [1.165, 1.54) is 4.90 Å². The van der Waals surface area contributed by atoms with Gasteiger partial charge in [0.2, 0.25) is 0 Å². The molecule has 1 aliphatic rings. The van der Waals surface area contributed by atoms with Gasteiger partial charge in [0.15, 0.2) is 0 Å². The Morgan fingerprint density at radius 2 is 1.51 bits per heavy atom. The average Bonchev–Trinajstić information content (AvgIpc) is 3.22. The van der Waals surface area contributed by atoms with E-state index in [9.17, 15) is 14.7 Å². The van der Waals surface area contributed by atoms with Gasteiger partial charge >= 0.3 is 0 Å². The quantitative estimate of drug-likeness (QED) is 0.170. The Bertz CT molecular complexity index is 1510. The van der Waals surface area contributed by atoms with Crippen LogP contribution in [0.5, 0.6) is 11.5 Å². The van der Waals surface area contributed by atoms with Crippen molar-refractivity contribution in [1.29, 1.82) is 0 Å². The van der Waals surface area contributed by atoms with E-state index in [-0.39, 0.29) is 17.9 Å². The Morgan fingerprint density at radius 3 is 2.15 bits per heavy atom. The van der Waals surface area contributed by atoms with E-state index in [0.717, 1.165) is 22.3 Å². The molecule has 1 fully saturated rings. The minimum atomic E-state index is -0.734. The van der Waals surface area contributed by atoms with Crippen LogP contribution in [0.15, 0.2) is 109 Å². The van der Waals surface area contributed by atoms with Crippen molar-refractivity contribution in [3.05, 3.63) is 137 Å². The maximum Gasteiger partial charge on any atom is 0.295 e. The number of ether oxygens (including phenoxy) is 2.